The Morgan fingerprint density at radius 2 is 2.12 bits per heavy atom. The molecule has 0 aliphatic carbocycles. The Morgan fingerprint density at radius 3 is 2.75 bits per heavy atom. The number of sulfonamides is 1. The maximum atomic E-state index is 11.5. The van der Waals surface area contributed by atoms with E-state index in [1.54, 1.807) is 6.07 Å². The number of para-hydroxylation sites is 1. The van der Waals surface area contributed by atoms with Crippen molar-refractivity contribution in [2.75, 3.05) is 17.6 Å². The van der Waals surface area contributed by atoms with Crippen molar-refractivity contribution in [3.8, 4) is 0 Å². The molecule has 0 aliphatic rings. The van der Waals surface area contributed by atoms with Gasteiger partial charge >= 0.3 is 0 Å². The number of aromatic amines is 1. The van der Waals surface area contributed by atoms with Crippen molar-refractivity contribution in [1.82, 2.24) is 4.98 Å². The molecule has 2 aromatic heterocycles. The maximum Gasteiger partial charge on any atom is 0.229 e. The summed E-state index contributed by atoms with van der Waals surface area (Å²) in [5.74, 6) is -0.00488. The van der Waals surface area contributed by atoms with E-state index in [1.807, 2.05) is 30.5 Å². The van der Waals surface area contributed by atoms with Crippen molar-refractivity contribution in [2.24, 2.45) is 0 Å². The highest BCUT2D eigenvalue weighted by Gasteiger charge is 2.20. The second-order valence-electron chi connectivity index (χ2n) is 5.55. The number of benzene rings is 1. The highest BCUT2D eigenvalue weighted by atomic mass is 35.5. The standard InChI is InChI=1S/C16H17ClN2O3S2/c1-24(21,22)19-13-4-2-3-11-12(9-18-16(11)13)10(7-8-20)14-5-6-15(17)23-14/h2-6,9-10,18-20H,7-8H2,1H3. The summed E-state index contributed by atoms with van der Waals surface area (Å²) in [7, 11) is -3.36. The first-order valence-corrected chi connectivity index (χ1v) is 10.4. The number of aliphatic hydroxyl groups excluding tert-OH is 1. The fourth-order valence-electron chi connectivity index (χ4n) is 2.84. The van der Waals surface area contributed by atoms with Gasteiger partial charge in [-0.15, -0.1) is 11.3 Å². The number of aliphatic hydroxyl groups is 1. The fourth-order valence-corrected chi connectivity index (χ4v) is 4.63. The van der Waals surface area contributed by atoms with Gasteiger partial charge in [0.2, 0.25) is 10.0 Å². The van der Waals surface area contributed by atoms with E-state index in [9.17, 15) is 13.5 Å². The number of anilines is 1. The molecule has 0 radical (unpaired) electrons. The van der Waals surface area contributed by atoms with E-state index in [1.165, 1.54) is 11.3 Å². The molecule has 1 unspecified atom stereocenters. The Morgan fingerprint density at radius 1 is 1.33 bits per heavy atom. The van der Waals surface area contributed by atoms with Crippen LogP contribution in [0.5, 0.6) is 0 Å². The van der Waals surface area contributed by atoms with E-state index in [4.69, 9.17) is 11.6 Å². The van der Waals surface area contributed by atoms with E-state index in [0.29, 0.717) is 16.4 Å². The van der Waals surface area contributed by atoms with Crippen molar-refractivity contribution in [3.05, 3.63) is 51.3 Å². The monoisotopic (exact) mass is 384 g/mol. The largest absolute Gasteiger partial charge is 0.396 e. The average Bonchev–Trinajstić information content (AvgIpc) is 3.10. The van der Waals surface area contributed by atoms with Crippen LogP contribution in [0.2, 0.25) is 4.34 Å². The number of fused-ring (bicyclic) bond motifs is 1. The topological polar surface area (TPSA) is 82.2 Å². The Bertz CT molecular complexity index is 963. The number of halogens is 1. The smallest absolute Gasteiger partial charge is 0.229 e. The first-order valence-electron chi connectivity index (χ1n) is 7.33. The summed E-state index contributed by atoms with van der Waals surface area (Å²) in [6.07, 6.45) is 3.55. The molecule has 0 amide bonds. The zero-order chi connectivity index (χ0) is 17.3. The molecule has 24 heavy (non-hydrogen) atoms. The van der Waals surface area contributed by atoms with E-state index in [0.717, 1.165) is 27.6 Å². The summed E-state index contributed by atoms with van der Waals surface area (Å²) in [4.78, 5) is 4.22. The Balaban J connectivity index is 2.10. The summed E-state index contributed by atoms with van der Waals surface area (Å²) in [6.45, 7) is 0.0497. The second kappa shape index (κ2) is 6.76. The van der Waals surface area contributed by atoms with Gasteiger partial charge < -0.3 is 10.1 Å². The zero-order valence-electron chi connectivity index (χ0n) is 12.9. The SMILES string of the molecule is CS(=O)(=O)Nc1cccc2c(C(CCO)c3ccc(Cl)s3)c[nH]c12. The highest BCUT2D eigenvalue weighted by molar-refractivity contribution is 7.92. The van der Waals surface area contributed by atoms with Gasteiger partial charge in [0.05, 0.1) is 21.8 Å². The molecule has 0 saturated carbocycles. The Kier molecular flexibility index (Phi) is 4.87. The predicted octanol–water partition coefficient (Wildman–Crippen LogP) is 3.77. The van der Waals surface area contributed by atoms with Gasteiger partial charge in [0.25, 0.3) is 0 Å². The van der Waals surface area contributed by atoms with Crippen LogP contribution in [0.1, 0.15) is 22.8 Å². The first-order chi connectivity index (χ1) is 11.4. The molecule has 2 heterocycles. The molecule has 128 valence electrons. The van der Waals surface area contributed by atoms with Crippen LogP contribution in [0.15, 0.2) is 36.5 Å². The van der Waals surface area contributed by atoms with Crippen LogP contribution < -0.4 is 4.72 Å². The third kappa shape index (κ3) is 3.59. The third-order valence-electron chi connectivity index (χ3n) is 3.77. The normalized spacial score (nSPS) is 13.3. The van der Waals surface area contributed by atoms with Crippen LogP contribution in [0.3, 0.4) is 0 Å². The van der Waals surface area contributed by atoms with Crippen LogP contribution in [0.4, 0.5) is 5.69 Å². The van der Waals surface area contributed by atoms with Gasteiger partial charge in [-0.1, -0.05) is 23.7 Å². The fraction of sp³-hybridized carbons (Fsp3) is 0.250. The molecule has 0 fully saturated rings. The molecule has 1 aromatic carbocycles. The number of thiophene rings is 1. The van der Waals surface area contributed by atoms with E-state index in [2.05, 4.69) is 9.71 Å². The number of aromatic nitrogens is 1. The summed E-state index contributed by atoms with van der Waals surface area (Å²) < 4.78 is 26.3. The lowest BCUT2D eigenvalue weighted by atomic mass is 9.94. The number of hydrogen-bond acceptors (Lipinski definition) is 4. The predicted molar refractivity (Wildman–Crippen MR) is 99.6 cm³/mol. The van der Waals surface area contributed by atoms with Gasteiger partial charge in [-0.2, -0.15) is 0 Å². The lowest BCUT2D eigenvalue weighted by molar-refractivity contribution is 0.282. The summed E-state index contributed by atoms with van der Waals surface area (Å²) in [5, 5.41) is 10.4. The van der Waals surface area contributed by atoms with E-state index in [-0.39, 0.29) is 12.5 Å². The highest BCUT2D eigenvalue weighted by Crippen LogP contribution is 2.39. The lowest BCUT2D eigenvalue weighted by Gasteiger charge is -2.14. The Hall–Kier alpha value is -1.54. The number of nitrogens with one attached hydrogen (secondary N) is 2. The number of hydrogen-bond donors (Lipinski definition) is 3. The number of rotatable bonds is 6. The van der Waals surface area contributed by atoms with Crippen LogP contribution in [-0.4, -0.2) is 31.4 Å². The molecule has 0 spiro atoms. The molecule has 1 atom stereocenters. The minimum Gasteiger partial charge on any atom is -0.396 e. The summed E-state index contributed by atoms with van der Waals surface area (Å²) in [5.41, 5.74) is 2.24. The van der Waals surface area contributed by atoms with E-state index < -0.39 is 10.0 Å². The van der Waals surface area contributed by atoms with Gasteiger partial charge in [-0.3, -0.25) is 4.72 Å². The van der Waals surface area contributed by atoms with Crippen LogP contribution in [-0.2, 0) is 10.0 Å². The zero-order valence-corrected chi connectivity index (χ0v) is 15.3. The van der Waals surface area contributed by atoms with Crippen LogP contribution >= 0.6 is 22.9 Å². The van der Waals surface area contributed by atoms with Gasteiger partial charge in [0, 0.05) is 29.0 Å². The minimum absolute atomic E-state index is 0.00488. The van der Waals surface area contributed by atoms with Crippen molar-refractivity contribution in [1.29, 1.82) is 0 Å². The molecule has 0 bridgehead atoms. The third-order valence-corrected chi connectivity index (χ3v) is 5.71. The van der Waals surface area contributed by atoms with Crippen molar-refractivity contribution < 1.29 is 13.5 Å². The molecule has 3 N–H and O–H groups in total. The van der Waals surface area contributed by atoms with Crippen molar-refractivity contribution in [2.45, 2.75) is 12.3 Å². The van der Waals surface area contributed by atoms with Crippen molar-refractivity contribution >= 4 is 49.6 Å². The summed E-state index contributed by atoms with van der Waals surface area (Å²) >= 11 is 7.54. The van der Waals surface area contributed by atoms with Gasteiger partial charge in [-0.25, -0.2) is 8.42 Å². The molecule has 5 nitrogen and oxygen atoms in total. The van der Waals surface area contributed by atoms with Gasteiger partial charge in [0.1, 0.15) is 0 Å². The minimum atomic E-state index is -3.36. The average molecular weight is 385 g/mol. The molecular weight excluding hydrogens is 368 g/mol. The lowest BCUT2D eigenvalue weighted by Crippen LogP contribution is -2.09. The molecule has 0 aliphatic heterocycles. The maximum absolute atomic E-state index is 11.5. The Labute approximate surface area is 149 Å². The second-order valence-corrected chi connectivity index (χ2v) is 9.05. The molecule has 3 aromatic rings. The first kappa shape index (κ1) is 17.3. The van der Waals surface area contributed by atoms with Gasteiger partial charge in [0.15, 0.2) is 0 Å². The quantitative estimate of drug-likeness (QED) is 0.605. The molecule has 3 rings (SSSR count). The van der Waals surface area contributed by atoms with Gasteiger partial charge in [-0.05, 0) is 30.2 Å². The van der Waals surface area contributed by atoms with Crippen LogP contribution in [0.25, 0.3) is 10.9 Å². The number of H-pyrrole nitrogens is 1. The molecular formula is C16H17ClN2O3S2. The van der Waals surface area contributed by atoms with E-state index >= 15 is 0 Å². The molecule has 0 saturated heterocycles. The van der Waals surface area contributed by atoms with Crippen LogP contribution in [0, 0.1) is 0 Å². The van der Waals surface area contributed by atoms with Crippen molar-refractivity contribution in [3.63, 3.8) is 0 Å². The summed E-state index contributed by atoms with van der Waals surface area (Å²) in [6, 6.07) is 9.27. The molecule has 8 heteroatoms.